The van der Waals surface area contributed by atoms with Crippen molar-refractivity contribution in [2.24, 2.45) is 5.41 Å². The Morgan fingerprint density at radius 2 is 1.88 bits per heavy atom. The third-order valence-corrected chi connectivity index (χ3v) is 4.73. The van der Waals surface area contributed by atoms with Gasteiger partial charge in [-0.3, -0.25) is 0 Å². The zero-order valence-electron chi connectivity index (χ0n) is 9.88. The Kier molecular flexibility index (Phi) is 2.67. The fourth-order valence-electron chi connectivity index (χ4n) is 2.79. The zero-order valence-corrected chi connectivity index (χ0v) is 11.5. The third-order valence-electron chi connectivity index (χ3n) is 4.24. The lowest BCUT2D eigenvalue weighted by molar-refractivity contribution is 0.384. The van der Waals surface area contributed by atoms with E-state index in [2.05, 4.69) is 32.8 Å². The minimum Gasteiger partial charge on any atom is -0.370 e. The highest BCUT2D eigenvalue weighted by molar-refractivity contribution is 9.10. The molecule has 0 amide bonds. The van der Waals surface area contributed by atoms with Gasteiger partial charge in [0.1, 0.15) is 0 Å². The first-order valence-electron chi connectivity index (χ1n) is 6.24. The first-order chi connectivity index (χ1) is 8.22. The van der Waals surface area contributed by atoms with E-state index in [0.29, 0.717) is 0 Å². The molecular formula is C15H16BrN. The molecular weight excluding hydrogens is 274 g/mol. The lowest BCUT2D eigenvalue weighted by atomic mass is 9.93. The number of benzene rings is 1. The van der Waals surface area contributed by atoms with Gasteiger partial charge >= 0.3 is 0 Å². The summed E-state index contributed by atoms with van der Waals surface area (Å²) in [7, 11) is 0. The van der Waals surface area contributed by atoms with E-state index in [9.17, 15) is 0 Å². The highest BCUT2D eigenvalue weighted by atomic mass is 79.9. The highest BCUT2D eigenvalue weighted by Gasteiger charge is 2.44. The van der Waals surface area contributed by atoms with Gasteiger partial charge in [0, 0.05) is 23.1 Å². The van der Waals surface area contributed by atoms with Crippen LogP contribution in [0.15, 0.2) is 22.7 Å². The van der Waals surface area contributed by atoms with Crippen molar-refractivity contribution in [3.8, 4) is 12.3 Å². The van der Waals surface area contributed by atoms with E-state index in [-0.39, 0.29) is 0 Å². The Hall–Kier alpha value is -0.940. The van der Waals surface area contributed by atoms with Crippen molar-refractivity contribution in [1.82, 2.24) is 0 Å². The van der Waals surface area contributed by atoms with E-state index in [0.717, 1.165) is 28.5 Å². The maximum atomic E-state index is 5.58. The normalized spacial score (nSPS) is 21.3. The molecule has 1 aromatic rings. The summed E-state index contributed by atoms with van der Waals surface area (Å²) in [5.74, 6) is 2.79. The molecule has 1 spiro atoms. The first kappa shape index (κ1) is 11.2. The lowest BCUT2D eigenvalue weighted by Gasteiger charge is -2.34. The van der Waals surface area contributed by atoms with Crippen LogP contribution < -0.4 is 4.90 Å². The third kappa shape index (κ3) is 2.09. The molecule has 1 nitrogen and oxygen atoms in total. The SMILES string of the molecule is C#Cc1ccc(Br)cc1N1CCC2(CC1)CC2. The monoisotopic (exact) mass is 289 g/mol. The van der Waals surface area contributed by atoms with Gasteiger partial charge in [0.25, 0.3) is 0 Å². The summed E-state index contributed by atoms with van der Waals surface area (Å²) in [5.41, 5.74) is 2.95. The van der Waals surface area contributed by atoms with E-state index in [4.69, 9.17) is 6.42 Å². The quantitative estimate of drug-likeness (QED) is 0.711. The summed E-state index contributed by atoms with van der Waals surface area (Å²) in [6.45, 7) is 2.32. The number of anilines is 1. The average molecular weight is 290 g/mol. The van der Waals surface area contributed by atoms with Gasteiger partial charge in [0.05, 0.1) is 5.69 Å². The molecule has 2 fully saturated rings. The summed E-state index contributed by atoms with van der Waals surface area (Å²) in [5, 5.41) is 0. The van der Waals surface area contributed by atoms with Gasteiger partial charge in [-0.15, -0.1) is 6.42 Å². The highest BCUT2D eigenvalue weighted by Crippen LogP contribution is 2.54. The second-order valence-electron chi connectivity index (χ2n) is 5.29. The fraction of sp³-hybridized carbons (Fsp3) is 0.467. The second kappa shape index (κ2) is 4.07. The molecule has 17 heavy (non-hydrogen) atoms. The van der Waals surface area contributed by atoms with Gasteiger partial charge in [0.15, 0.2) is 0 Å². The Balaban J connectivity index is 1.84. The van der Waals surface area contributed by atoms with Crippen molar-refractivity contribution >= 4 is 21.6 Å². The maximum Gasteiger partial charge on any atom is 0.0536 e. The van der Waals surface area contributed by atoms with Crippen LogP contribution in [0.3, 0.4) is 0 Å². The number of rotatable bonds is 1. The van der Waals surface area contributed by atoms with Crippen LogP contribution in [0.2, 0.25) is 0 Å². The van der Waals surface area contributed by atoms with Crippen molar-refractivity contribution in [2.75, 3.05) is 18.0 Å². The van der Waals surface area contributed by atoms with Crippen LogP contribution in [0.4, 0.5) is 5.69 Å². The van der Waals surface area contributed by atoms with Crippen molar-refractivity contribution in [3.63, 3.8) is 0 Å². The van der Waals surface area contributed by atoms with Crippen LogP contribution in [0, 0.1) is 17.8 Å². The van der Waals surface area contributed by atoms with Crippen LogP contribution in [-0.2, 0) is 0 Å². The summed E-state index contributed by atoms with van der Waals surface area (Å²) in [6.07, 6.45) is 11.1. The Morgan fingerprint density at radius 1 is 1.18 bits per heavy atom. The predicted molar refractivity (Wildman–Crippen MR) is 75.2 cm³/mol. The van der Waals surface area contributed by atoms with Gasteiger partial charge in [-0.2, -0.15) is 0 Å². The molecule has 3 rings (SSSR count). The van der Waals surface area contributed by atoms with Crippen molar-refractivity contribution in [2.45, 2.75) is 25.7 Å². The average Bonchev–Trinajstić information content (AvgIpc) is 3.10. The Morgan fingerprint density at radius 3 is 2.47 bits per heavy atom. The molecule has 0 bridgehead atoms. The Bertz CT molecular complexity index is 472. The van der Waals surface area contributed by atoms with Gasteiger partial charge < -0.3 is 4.90 Å². The molecule has 88 valence electrons. The topological polar surface area (TPSA) is 3.24 Å². The number of terminal acetylenes is 1. The lowest BCUT2D eigenvalue weighted by Crippen LogP contribution is -2.34. The van der Waals surface area contributed by atoms with Crippen LogP contribution >= 0.6 is 15.9 Å². The number of halogens is 1. The summed E-state index contributed by atoms with van der Waals surface area (Å²) in [4.78, 5) is 2.45. The standard InChI is InChI=1S/C15H16BrN/c1-2-12-3-4-13(16)11-14(12)17-9-7-15(5-6-15)8-10-17/h1,3-4,11H,5-10H2. The molecule has 1 saturated heterocycles. The number of hydrogen-bond acceptors (Lipinski definition) is 1. The van der Waals surface area contributed by atoms with Crippen molar-refractivity contribution < 1.29 is 0 Å². The number of nitrogens with zero attached hydrogens (tertiary/aromatic N) is 1. The van der Waals surface area contributed by atoms with Gasteiger partial charge in [0.2, 0.25) is 0 Å². The van der Waals surface area contributed by atoms with Crippen LogP contribution in [-0.4, -0.2) is 13.1 Å². The number of piperidine rings is 1. The molecule has 1 aromatic carbocycles. The molecule has 1 saturated carbocycles. The fourth-order valence-corrected chi connectivity index (χ4v) is 3.14. The molecule has 1 heterocycles. The van der Waals surface area contributed by atoms with E-state index in [1.807, 2.05) is 12.1 Å². The summed E-state index contributed by atoms with van der Waals surface area (Å²) < 4.78 is 1.11. The van der Waals surface area contributed by atoms with E-state index in [1.165, 1.54) is 31.4 Å². The molecule has 0 aromatic heterocycles. The van der Waals surface area contributed by atoms with Crippen molar-refractivity contribution in [1.29, 1.82) is 0 Å². The molecule has 1 aliphatic carbocycles. The molecule has 2 aliphatic rings. The molecule has 1 aliphatic heterocycles. The van der Waals surface area contributed by atoms with Gasteiger partial charge in [-0.25, -0.2) is 0 Å². The van der Waals surface area contributed by atoms with Gasteiger partial charge in [-0.05, 0) is 49.3 Å². The van der Waals surface area contributed by atoms with E-state index < -0.39 is 0 Å². The van der Waals surface area contributed by atoms with E-state index in [1.54, 1.807) is 0 Å². The number of hydrogen-bond donors (Lipinski definition) is 0. The molecule has 0 N–H and O–H groups in total. The maximum absolute atomic E-state index is 5.58. The van der Waals surface area contributed by atoms with Gasteiger partial charge in [-0.1, -0.05) is 21.9 Å². The van der Waals surface area contributed by atoms with Crippen LogP contribution in [0.1, 0.15) is 31.2 Å². The Labute approximate surface area is 111 Å². The molecule has 0 atom stereocenters. The molecule has 0 unspecified atom stereocenters. The summed E-state index contributed by atoms with van der Waals surface area (Å²) in [6, 6.07) is 6.20. The largest absolute Gasteiger partial charge is 0.370 e. The zero-order chi connectivity index (χ0) is 11.9. The van der Waals surface area contributed by atoms with Crippen molar-refractivity contribution in [3.05, 3.63) is 28.2 Å². The predicted octanol–water partition coefficient (Wildman–Crippen LogP) is 3.81. The van der Waals surface area contributed by atoms with E-state index >= 15 is 0 Å². The van der Waals surface area contributed by atoms with Crippen LogP contribution in [0.5, 0.6) is 0 Å². The second-order valence-corrected chi connectivity index (χ2v) is 6.21. The van der Waals surface area contributed by atoms with Crippen LogP contribution in [0.25, 0.3) is 0 Å². The molecule has 2 heteroatoms. The summed E-state index contributed by atoms with van der Waals surface area (Å²) >= 11 is 3.53. The molecule has 0 radical (unpaired) electrons. The minimum absolute atomic E-state index is 0.721. The minimum atomic E-state index is 0.721. The smallest absolute Gasteiger partial charge is 0.0536 e. The first-order valence-corrected chi connectivity index (χ1v) is 7.03.